The molecule has 1 amide bonds. The molecule has 1 aliphatic heterocycles. The van der Waals surface area contributed by atoms with Crippen molar-refractivity contribution in [2.75, 3.05) is 33.2 Å². The first-order valence-electron chi connectivity index (χ1n) is 12.1. The van der Waals surface area contributed by atoms with Gasteiger partial charge in [0, 0.05) is 51.2 Å². The molecule has 0 radical (unpaired) electrons. The van der Waals surface area contributed by atoms with Crippen molar-refractivity contribution in [3.05, 3.63) is 102 Å². The number of carbonyl (C=O) groups excluding carboxylic acids is 1. The molecule has 8 nitrogen and oxygen atoms in total. The van der Waals surface area contributed by atoms with Crippen LogP contribution in [-0.2, 0) is 21.4 Å². The first kappa shape index (κ1) is 26.6. The van der Waals surface area contributed by atoms with Crippen LogP contribution in [0.15, 0.2) is 85.7 Å². The Kier molecular flexibility index (Phi) is 8.40. The lowest BCUT2D eigenvalue weighted by molar-refractivity contribution is -0.124. The average molecular weight is 521 g/mol. The van der Waals surface area contributed by atoms with Gasteiger partial charge in [-0.3, -0.25) is 18.9 Å². The Morgan fingerprint density at radius 1 is 1.08 bits per heavy atom. The van der Waals surface area contributed by atoms with Crippen LogP contribution >= 0.6 is 0 Å². The second-order valence-corrected chi connectivity index (χ2v) is 11.1. The van der Waals surface area contributed by atoms with Crippen LogP contribution in [0.5, 0.6) is 0 Å². The molecular formula is C28H32N4O4S. The van der Waals surface area contributed by atoms with E-state index in [2.05, 4.69) is 23.4 Å². The first-order chi connectivity index (χ1) is 17.8. The summed E-state index contributed by atoms with van der Waals surface area (Å²) >= 11 is 0. The summed E-state index contributed by atoms with van der Waals surface area (Å²) in [7, 11) is -1.80. The molecule has 3 aromatic rings. The molecule has 37 heavy (non-hydrogen) atoms. The van der Waals surface area contributed by atoms with E-state index in [0.29, 0.717) is 17.7 Å². The van der Waals surface area contributed by atoms with E-state index in [1.54, 1.807) is 6.07 Å². The molecule has 1 saturated heterocycles. The minimum Gasteiger partial charge on any atom is -0.304 e. The molecule has 4 rings (SSSR count). The Morgan fingerprint density at radius 3 is 2.49 bits per heavy atom. The van der Waals surface area contributed by atoms with Crippen molar-refractivity contribution < 1.29 is 18.4 Å². The lowest BCUT2D eigenvalue weighted by Gasteiger charge is -2.33. The van der Waals surface area contributed by atoms with E-state index in [4.69, 9.17) is 5.21 Å². The predicted octanol–water partition coefficient (Wildman–Crippen LogP) is 3.53. The van der Waals surface area contributed by atoms with E-state index in [9.17, 15) is 13.2 Å². The topological polar surface area (TPSA) is 94.9 Å². The van der Waals surface area contributed by atoms with Crippen LogP contribution in [0.2, 0.25) is 0 Å². The fourth-order valence-electron chi connectivity index (χ4n) is 4.46. The quantitative estimate of drug-likeness (QED) is 0.194. The molecule has 1 aromatic heterocycles. The summed E-state index contributed by atoms with van der Waals surface area (Å²) in [5.41, 5.74) is 5.60. The van der Waals surface area contributed by atoms with Crippen molar-refractivity contribution in [3.8, 4) is 11.1 Å². The van der Waals surface area contributed by atoms with Gasteiger partial charge in [0.15, 0.2) is 0 Å². The van der Waals surface area contributed by atoms with E-state index in [1.807, 2.05) is 48.5 Å². The van der Waals surface area contributed by atoms with Crippen LogP contribution in [0, 0.1) is 0 Å². The fourth-order valence-corrected chi connectivity index (χ4v) is 6.00. The Balaban J connectivity index is 1.72. The Bertz CT molecular complexity index is 1370. The van der Waals surface area contributed by atoms with Gasteiger partial charge in [-0.05, 0) is 53.1 Å². The predicted molar refractivity (Wildman–Crippen MR) is 145 cm³/mol. The lowest BCUT2D eigenvalue weighted by Crippen LogP contribution is -2.44. The summed E-state index contributed by atoms with van der Waals surface area (Å²) in [5.74, 6) is -0.703. The van der Waals surface area contributed by atoms with Gasteiger partial charge in [0.05, 0.1) is 0 Å². The summed E-state index contributed by atoms with van der Waals surface area (Å²) in [6, 6.07) is 17.5. The molecule has 2 N–H and O–H groups in total. The number of nitrogens with one attached hydrogen (secondary N) is 1. The van der Waals surface area contributed by atoms with E-state index in [1.165, 1.54) is 30.0 Å². The average Bonchev–Trinajstić information content (AvgIpc) is 3.40. The molecule has 2 heterocycles. The van der Waals surface area contributed by atoms with Crippen LogP contribution in [0.1, 0.15) is 21.9 Å². The largest absolute Gasteiger partial charge is 0.304 e. The van der Waals surface area contributed by atoms with Crippen molar-refractivity contribution in [1.29, 1.82) is 0 Å². The Labute approximate surface area is 218 Å². The maximum absolute atomic E-state index is 13.8. The summed E-state index contributed by atoms with van der Waals surface area (Å²) < 4.78 is 28.8. The number of carbonyl (C=O) groups is 1. The van der Waals surface area contributed by atoms with Gasteiger partial charge in [0.2, 0.25) is 10.0 Å². The molecule has 194 valence electrons. The Morgan fingerprint density at radius 2 is 1.81 bits per heavy atom. The van der Waals surface area contributed by atoms with E-state index in [0.717, 1.165) is 52.9 Å². The number of likely N-dealkylation sites (N-methyl/N-ethyl adjacent to an activating group) is 1. The molecular weight excluding hydrogens is 488 g/mol. The van der Waals surface area contributed by atoms with E-state index < -0.39 is 21.2 Å². The number of hydroxylamine groups is 1. The summed E-state index contributed by atoms with van der Waals surface area (Å²) in [5, 5.41) is 7.69. The number of hydrogen-bond donors (Lipinski definition) is 2. The number of benzene rings is 2. The number of nitrogens with zero attached hydrogens (tertiary/aromatic N) is 3. The van der Waals surface area contributed by atoms with Gasteiger partial charge < -0.3 is 4.90 Å². The van der Waals surface area contributed by atoms with Gasteiger partial charge in [0.25, 0.3) is 5.91 Å². The zero-order chi connectivity index (χ0) is 26.4. The highest BCUT2D eigenvalue weighted by atomic mass is 32.2. The number of aromatic nitrogens is 1. The molecule has 0 bridgehead atoms. The normalized spacial score (nSPS) is 16.1. The van der Waals surface area contributed by atoms with Crippen LogP contribution in [-0.4, -0.2) is 66.5 Å². The van der Waals surface area contributed by atoms with Gasteiger partial charge in [0.1, 0.15) is 5.25 Å². The van der Waals surface area contributed by atoms with Crippen LogP contribution in [0.25, 0.3) is 17.2 Å². The van der Waals surface area contributed by atoms with E-state index in [-0.39, 0.29) is 0 Å². The number of piperazine rings is 1. The molecule has 1 atom stereocenters. The maximum Gasteiger partial charge on any atom is 0.267 e. The minimum atomic E-state index is -3.91. The number of hydrogen-bond acceptors (Lipinski definition) is 6. The van der Waals surface area contributed by atoms with Crippen molar-refractivity contribution in [2.24, 2.45) is 0 Å². The molecule has 0 saturated carbocycles. The molecule has 0 aliphatic carbocycles. The van der Waals surface area contributed by atoms with Crippen LogP contribution in [0.3, 0.4) is 0 Å². The third kappa shape index (κ3) is 6.26. The van der Waals surface area contributed by atoms with Crippen molar-refractivity contribution in [2.45, 2.75) is 11.8 Å². The van der Waals surface area contributed by atoms with Crippen molar-refractivity contribution in [1.82, 2.24) is 19.3 Å². The van der Waals surface area contributed by atoms with Gasteiger partial charge in [-0.1, -0.05) is 48.5 Å². The highest BCUT2D eigenvalue weighted by Crippen LogP contribution is 2.33. The molecule has 1 aliphatic rings. The standard InChI is InChI=1S/C28H32N4O4S/c1-3-27(37(35,36)32-14-13-22(20-32)9-12-28(33)29-34)26-19-24(23-7-5-4-6-8-23)10-11-25(26)21-31-17-15-30(2)16-18-31/h3-14,19-20,27,34H,1,15-18,21H2,2H3,(H,29,33)/b12-9+. The van der Waals surface area contributed by atoms with Crippen LogP contribution < -0.4 is 5.48 Å². The Hall–Kier alpha value is -3.50. The summed E-state index contributed by atoms with van der Waals surface area (Å²) in [6.07, 6.45) is 6.91. The SMILES string of the molecule is C=CC(c1cc(-c2ccccc2)ccc1CN1CCN(C)CC1)S(=O)(=O)n1ccc(/C=C/C(=O)NO)c1. The van der Waals surface area contributed by atoms with Gasteiger partial charge in [-0.15, -0.1) is 6.58 Å². The highest BCUT2D eigenvalue weighted by Gasteiger charge is 2.29. The molecule has 2 aromatic carbocycles. The van der Waals surface area contributed by atoms with Crippen molar-refractivity contribution >= 4 is 22.0 Å². The smallest absolute Gasteiger partial charge is 0.267 e. The van der Waals surface area contributed by atoms with Crippen molar-refractivity contribution in [3.63, 3.8) is 0 Å². The third-order valence-electron chi connectivity index (χ3n) is 6.61. The summed E-state index contributed by atoms with van der Waals surface area (Å²) in [6.45, 7) is 8.31. The molecule has 9 heteroatoms. The van der Waals surface area contributed by atoms with Gasteiger partial charge >= 0.3 is 0 Å². The van der Waals surface area contributed by atoms with E-state index >= 15 is 0 Å². The van der Waals surface area contributed by atoms with Crippen LogP contribution in [0.4, 0.5) is 0 Å². The number of amides is 1. The maximum atomic E-state index is 13.8. The molecule has 1 fully saturated rings. The third-order valence-corrected chi connectivity index (χ3v) is 8.51. The first-order valence-corrected chi connectivity index (χ1v) is 13.6. The monoisotopic (exact) mass is 520 g/mol. The van der Waals surface area contributed by atoms with Gasteiger partial charge in [-0.2, -0.15) is 0 Å². The zero-order valence-corrected chi connectivity index (χ0v) is 21.6. The summed E-state index contributed by atoms with van der Waals surface area (Å²) in [4.78, 5) is 15.9. The second kappa shape index (κ2) is 11.7. The number of rotatable bonds is 9. The fraction of sp³-hybridized carbons (Fsp3) is 0.250. The molecule has 0 spiro atoms. The lowest BCUT2D eigenvalue weighted by atomic mass is 9.96. The minimum absolute atomic E-state index is 0.505. The highest BCUT2D eigenvalue weighted by molar-refractivity contribution is 7.90. The zero-order valence-electron chi connectivity index (χ0n) is 20.8. The second-order valence-electron chi connectivity index (χ2n) is 9.14. The molecule has 1 unspecified atom stereocenters. The van der Waals surface area contributed by atoms with Gasteiger partial charge in [-0.25, -0.2) is 13.9 Å².